The van der Waals surface area contributed by atoms with Gasteiger partial charge in [0.15, 0.2) is 0 Å². The fourth-order valence-electron chi connectivity index (χ4n) is 3.39. The Kier molecular flexibility index (Phi) is 7.06. The van der Waals surface area contributed by atoms with Crippen LogP contribution in [0.4, 0.5) is 5.88 Å². The molecule has 0 saturated carbocycles. The molecule has 3 rings (SSSR count). The molecule has 0 radical (unpaired) electrons. The molecule has 1 aliphatic rings. The number of amides is 1. The minimum absolute atomic E-state index is 0.0846. The number of aryl methyl sites for hydroxylation is 1. The summed E-state index contributed by atoms with van der Waals surface area (Å²) in [7, 11) is 1.64. The molecular formula is C21H29N3O4. The van der Waals surface area contributed by atoms with Crippen molar-refractivity contribution in [3.8, 4) is 11.3 Å². The lowest BCUT2D eigenvalue weighted by Crippen LogP contribution is -2.37. The van der Waals surface area contributed by atoms with Crippen molar-refractivity contribution in [1.29, 1.82) is 0 Å². The maximum atomic E-state index is 12.5. The lowest BCUT2D eigenvalue weighted by molar-refractivity contribution is -0.132. The van der Waals surface area contributed by atoms with Gasteiger partial charge < -0.3 is 23.8 Å². The van der Waals surface area contributed by atoms with Crippen LogP contribution in [0.15, 0.2) is 28.8 Å². The Morgan fingerprint density at radius 2 is 2.11 bits per heavy atom. The summed E-state index contributed by atoms with van der Waals surface area (Å²) in [6, 6.07) is 8.18. The molecule has 1 aromatic carbocycles. The second-order valence-corrected chi connectivity index (χ2v) is 6.95. The predicted octanol–water partition coefficient (Wildman–Crippen LogP) is 2.87. The molecule has 0 bridgehead atoms. The molecule has 1 saturated heterocycles. The van der Waals surface area contributed by atoms with Crippen LogP contribution in [-0.4, -0.2) is 62.5 Å². The Balaban J connectivity index is 1.98. The molecule has 28 heavy (non-hydrogen) atoms. The summed E-state index contributed by atoms with van der Waals surface area (Å²) in [4.78, 5) is 16.5. The van der Waals surface area contributed by atoms with Crippen LogP contribution in [0, 0.1) is 6.92 Å². The summed E-state index contributed by atoms with van der Waals surface area (Å²) >= 11 is 0. The van der Waals surface area contributed by atoms with Gasteiger partial charge in [0.05, 0.1) is 31.9 Å². The van der Waals surface area contributed by atoms with E-state index in [1.807, 2.05) is 24.0 Å². The third-order valence-corrected chi connectivity index (χ3v) is 4.93. The molecule has 0 atom stereocenters. The molecule has 152 valence electrons. The van der Waals surface area contributed by atoms with Crippen molar-refractivity contribution < 1.29 is 18.8 Å². The van der Waals surface area contributed by atoms with Crippen molar-refractivity contribution in [2.75, 3.05) is 51.5 Å². The maximum Gasteiger partial charge on any atom is 0.233 e. The molecule has 0 N–H and O–H groups in total. The average molecular weight is 387 g/mol. The van der Waals surface area contributed by atoms with E-state index in [4.69, 9.17) is 14.0 Å². The molecule has 2 aromatic rings. The molecule has 1 fully saturated rings. The minimum atomic E-state index is 0.0846. The highest BCUT2D eigenvalue weighted by atomic mass is 16.5. The van der Waals surface area contributed by atoms with Gasteiger partial charge in [-0.3, -0.25) is 4.79 Å². The lowest BCUT2D eigenvalue weighted by atomic mass is 10.0. The van der Waals surface area contributed by atoms with Crippen LogP contribution in [0.25, 0.3) is 11.3 Å². The first-order valence-corrected chi connectivity index (χ1v) is 9.79. The highest BCUT2D eigenvalue weighted by Crippen LogP contribution is 2.33. The highest BCUT2D eigenvalue weighted by Gasteiger charge is 2.26. The molecule has 7 heteroatoms. The van der Waals surface area contributed by atoms with Crippen molar-refractivity contribution >= 4 is 11.8 Å². The van der Waals surface area contributed by atoms with Crippen LogP contribution in [0.3, 0.4) is 0 Å². The van der Waals surface area contributed by atoms with Crippen LogP contribution in [0.2, 0.25) is 0 Å². The summed E-state index contributed by atoms with van der Waals surface area (Å²) in [5.74, 6) is 0.812. The van der Waals surface area contributed by atoms with Gasteiger partial charge in [-0.25, -0.2) is 0 Å². The molecule has 0 unspecified atom stereocenters. The first kappa shape index (κ1) is 20.4. The van der Waals surface area contributed by atoms with Gasteiger partial charge in [-0.05, 0) is 13.0 Å². The monoisotopic (exact) mass is 387 g/mol. The van der Waals surface area contributed by atoms with Gasteiger partial charge in [-0.2, -0.15) is 0 Å². The third-order valence-electron chi connectivity index (χ3n) is 4.93. The standard InChI is InChI=1S/C21H29N3O4/c1-4-19(25)24(8-11-26-3)15-18-20(17-7-5-6-16(2)14-17)22-28-21(18)23-9-12-27-13-10-23/h5-7,14H,4,8-13,15H2,1-3H3. The molecule has 2 heterocycles. The van der Waals surface area contributed by atoms with Gasteiger partial charge in [0.25, 0.3) is 0 Å². The SMILES string of the molecule is CCC(=O)N(CCOC)Cc1c(-c2cccc(C)c2)noc1N1CCOCC1. The molecule has 1 amide bonds. The van der Waals surface area contributed by atoms with E-state index in [2.05, 4.69) is 29.1 Å². The fourth-order valence-corrected chi connectivity index (χ4v) is 3.39. The van der Waals surface area contributed by atoms with Gasteiger partial charge in [0, 0.05) is 38.7 Å². The number of anilines is 1. The summed E-state index contributed by atoms with van der Waals surface area (Å²) in [5.41, 5.74) is 3.87. The van der Waals surface area contributed by atoms with E-state index < -0.39 is 0 Å². The van der Waals surface area contributed by atoms with E-state index in [-0.39, 0.29) is 5.91 Å². The van der Waals surface area contributed by atoms with Gasteiger partial charge in [-0.15, -0.1) is 0 Å². The summed E-state index contributed by atoms with van der Waals surface area (Å²) in [6.07, 6.45) is 0.446. The average Bonchev–Trinajstić information content (AvgIpc) is 3.14. The van der Waals surface area contributed by atoms with Crippen molar-refractivity contribution in [3.63, 3.8) is 0 Å². The van der Waals surface area contributed by atoms with Crippen LogP contribution >= 0.6 is 0 Å². The van der Waals surface area contributed by atoms with Crippen LogP contribution in [0.5, 0.6) is 0 Å². The number of carbonyl (C=O) groups is 1. The number of carbonyl (C=O) groups excluding carboxylic acids is 1. The smallest absolute Gasteiger partial charge is 0.233 e. The third kappa shape index (κ3) is 4.72. The summed E-state index contributed by atoms with van der Waals surface area (Å²) in [6.45, 7) is 8.19. The second kappa shape index (κ2) is 9.71. The zero-order chi connectivity index (χ0) is 19.9. The van der Waals surface area contributed by atoms with Crippen LogP contribution in [0.1, 0.15) is 24.5 Å². The minimum Gasteiger partial charge on any atom is -0.383 e. The maximum absolute atomic E-state index is 12.5. The number of benzene rings is 1. The molecule has 0 spiro atoms. The highest BCUT2D eigenvalue weighted by molar-refractivity contribution is 5.77. The number of aromatic nitrogens is 1. The number of nitrogens with zero attached hydrogens (tertiary/aromatic N) is 3. The second-order valence-electron chi connectivity index (χ2n) is 6.95. The number of hydrogen-bond acceptors (Lipinski definition) is 6. The van der Waals surface area contributed by atoms with Crippen LogP contribution in [-0.2, 0) is 20.8 Å². The van der Waals surface area contributed by atoms with Crippen LogP contribution < -0.4 is 4.90 Å². The molecule has 1 aromatic heterocycles. The van der Waals surface area contributed by atoms with E-state index in [1.54, 1.807) is 7.11 Å². The Hall–Kier alpha value is -2.38. The summed E-state index contributed by atoms with van der Waals surface area (Å²) < 4.78 is 16.5. The largest absolute Gasteiger partial charge is 0.383 e. The van der Waals surface area contributed by atoms with Crippen molar-refractivity contribution in [2.24, 2.45) is 0 Å². The molecule has 1 aliphatic heterocycles. The Labute approximate surface area is 166 Å². The lowest BCUT2D eigenvalue weighted by Gasteiger charge is -2.28. The van der Waals surface area contributed by atoms with Gasteiger partial charge in [0.2, 0.25) is 11.8 Å². The van der Waals surface area contributed by atoms with Gasteiger partial charge >= 0.3 is 0 Å². The van der Waals surface area contributed by atoms with E-state index in [1.165, 1.54) is 0 Å². The number of hydrogen-bond donors (Lipinski definition) is 0. The first-order valence-electron chi connectivity index (χ1n) is 9.79. The zero-order valence-electron chi connectivity index (χ0n) is 16.9. The van der Waals surface area contributed by atoms with Gasteiger partial charge in [-0.1, -0.05) is 35.8 Å². The zero-order valence-corrected chi connectivity index (χ0v) is 16.9. The number of methoxy groups -OCH3 is 1. The molecular weight excluding hydrogens is 358 g/mol. The van der Waals surface area contributed by atoms with Crippen molar-refractivity contribution in [1.82, 2.24) is 10.1 Å². The first-order chi connectivity index (χ1) is 13.6. The van der Waals surface area contributed by atoms with E-state index in [0.29, 0.717) is 39.3 Å². The Morgan fingerprint density at radius 1 is 1.32 bits per heavy atom. The molecule has 7 nitrogen and oxygen atoms in total. The number of morpholine rings is 1. The normalized spacial score (nSPS) is 14.3. The van der Waals surface area contributed by atoms with Crippen molar-refractivity contribution in [3.05, 3.63) is 35.4 Å². The summed E-state index contributed by atoms with van der Waals surface area (Å²) in [5, 5.41) is 4.39. The van der Waals surface area contributed by atoms with E-state index in [0.717, 1.165) is 41.4 Å². The quantitative estimate of drug-likeness (QED) is 0.694. The van der Waals surface area contributed by atoms with E-state index >= 15 is 0 Å². The van der Waals surface area contributed by atoms with Crippen molar-refractivity contribution in [2.45, 2.75) is 26.8 Å². The van der Waals surface area contributed by atoms with Gasteiger partial charge in [0.1, 0.15) is 5.69 Å². The number of rotatable bonds is 8. The fraction of sp³-hybridized carbons (Fsp3) is 0.524. The number of ether oxygens (including phenoxy) is 2. The Morgan fingerprint density at radius 3 is 2.79 bits per heavy atom. The Bertz CT molecular complexity index is 784. The predicted molar refractivity (Wildman–Crippen MR) is 107 cm³/mol. The molecule has 0 aliphatic carbocycles. The van der Waals surface area contributed by atoms with E-state index in [9.17, 15) is 4.79 Å². The topological polar surface area (TPSA) is 68.0 Å².